The normalized spacial score (nSPS) is 26.1. The van der Waals surface area contributed by atoms with E-state index in [1.165, 1.54) is 25.1 Å². The predicted octanol–water partition coefficient (Wildman–Crippen LogP) is 3.18. The topological polar surface area (TPSA) is 189 Å². The van der Waals surface area contributed by atoms with Gasteiger partial charge in [-0.05, 0) is 19.9 Å². The average Bonchev–Trinajstić information content (AvgIpc) is 3.05. The number of ether oxygens (including phenoxy) is 3. The Morgan fingerprint density at radius 1 is 1.02 bits per heavy atom. The molecular formula is C34H34ClNO11S. The largest absolute Gasteiger partial charge is 0.507 e. The molecule has 14 heteroatoms. The summed E-state index contributed by atoms with van der Waals surface area (Å²) in [6, 6.07) is 12.1. The molecule has 48 heavy (non-hydrogen) atoms. The zero-order chi connectivity index (χ0) is 33.8. The number of aliphatic hydroxyl groups excluding tert-OH is 1. The lowest BCUT2D eigenvalue weighted by atomic mass is 9.72. The zero-order valence-corrected chi connectivity index (χ0v) is 27.5. The first kappa shape index (κ1) is 35.5. The number of aromatic hydroxyl groups is 2. The predicted molar refractivity (Wildman–Crippen MR) is 175 cm³/mol. The number of aliphatic hydroxyl groups is 2. The Kier molecular flexibility index (Phi) is 10.0. The Hall–Kier alpha value is -3.82. The second kappa shape index (κ2) is 13.6. The standard InChI is InChI=1S/C34H33NO11S.ClH/c1-15-29(38)20(35-47)11-24(45-15)46-23-13-34(43,16(2)36)12-19-26(23)33(42)28-27(31(19)40)30(39)18-9-6-10-22(25(18)32(28)41)44-14-21(37)17-7-4-3-5-8-17;/h3-10,15,20,23-24,29,35,38,40,42-43,47H,11-14H2,1-2H3;1H/t15?,20?,23-,24?,29?,34-;/m0./s1. The minimum atomic E-state index is -2.05. The van der Waals surface area contributed by atoms with E-state index < -0.39 is 89.2 Å². The lowest BCUT2D eigenvalue weighted by molar-refractivity contribution is -0.248. The Bertz CT molecular complexity index is 1800. The number of fused-ring (bicyclic) bond motifs is 3. The van der Waals surface area contributed by atoms with Crippen LogP contribution in [0.25, 0.3) is 0 Å². The molecule has 0 aromatic heterocycles. The van der Waals surface area contributed by atoms with Crippen LogP contribution in [-0.4, -0.2) is 80.3 Å². The third kappa shape index (κ3) is 6.00. The first-order valence-corrected chi connectivity index (χ1v) is 15.5. The quantitative estimate of drug-likeness (QED) is 0.0897. The van der Waals surface area contributed by atoms with Gasteiger partial charge in [0.15, 0.2) is 30.2 Å². The molecule has 0 spiro atoms. The molecule has 3 aliphatic rings. The monoisotopic (exact) mass is 699 g/mol. The summed E-state index contributed by atoms with van der Waals surface area (Å²) >= 11 is 4.07. The Morgan fingerprint density at radius 2 is 1.71 bits per heavy atom. The van der Waals surface area contributed by atoms with Crippen molar-refractivity contribution in [1.29, 1.82) is 0 Å². The van der Waals surface area contributed by atoms with Gasteiger partial charge in [-0.1, -0.05) is 55.3 Å². The Labute approximate surface area is 287 Å². The molecule has 0 bridgehead atoms. The summed E-state index contributed by atoms with van der Waals surface area (Å²) in [7, 11) is 0. The molecule has 1 aliphatic heterocycles. The highest BCUT2D eigenvalue weighted by molar-refractivity contribution is 7.78. The summed E-state index contributed by atoms with van der Waals surface area (Å²) in [4.78, 5) is 53.4. The van der Waals surface area contributed by atoms with Crippen LogP contribution in [0.15, 0.2) is 48.5 Å². The molecule has 1 fully saturated rings. The van der Waals surface area contributed by atoms with E-state index in [0.29, 0.717) is 5.56 Å². The molecule has 0 radical (unpaired) electrons. The number of nitrogens with one attached hydrogen (secondary N) is 1. The van der Waals surface area contributed by atoms with Crippen LogP contribution >= 0.6 is 25.2 Å². The summed E-state index contributed by atoms with van der Waals surface area (Å²) in [6.07, 6.45) is -4.70. The lowest BCUT2D eigenvalue weighted by Gasteiger charge is -2.42. The van der Waals surface area contributed by atoms with Crippen LogP contribution in [0.3, 0.4) is 0 Å². The van der Waals surface area contributed by atoms with Crippen LogP contribution in [0.5, 0.6) is 17.2 Å². The number of phenols is 2. The van der Waals surface area contributed by atoms with Gasteiger partial charge in [0.25, 0.3) is 0 Å². The Balaban J connectivity index is 0.00000451. The molecule has 254 valence electrons. The highest BCUT2D eigenvalue weighted by Crippen LogP contribution is 2.52. The molecule has 5 N–H and O–H groups in total. The molecule has 6 rings (SSSR count). The van der Waals surface area contributed by atoms with Gasteiger partial charge in [-0.15, -0.1) is 12.4 Å². The number of Topliss-reactive ketones (excluding diaryl/α,β-unsaturated/α-hetero) is 2. The van der Waals surface area contributed by atoms with Crippen molar-refractivity contribution in [1.82, 2.24) is 4.72 Å². The van der Waals surface area contributed by atoms with Gasteiger partial charge in [0, 0.05) is 41.5 Å². The van der Waals surface area contributed by atoms with Gasteiger partial charge < -0.3 is 34.6 Å². The van der Waals surface area contributed by atoms with E-state index in [1.807, 2.05) is 0 Å². The SMILES string of the molecule is CC(=O)[C@]1(O)Cc2c(O)c3c(c(O)c2[C@@H](OC2CC(NS)C(O)C(C)O2)C1)C(=O)c1c(OCC(=O)c2ccccc2)cccc1C3=O.Cl. The van der Waals surface area contributed by atoms with Crippen molar-refractivity contribution < 1.29 is 53.8 Å². The van der Waals surface area contributed by atoms with Crippen LogP contribution in [0.4, 0.5) is 0 Å². The first-order chi connectivity index (χ1) is 22.4. The van der Waals surface area contributed by atoms with Crippen molar-refractivity contribution in [2.75, 3.05) is 6.61 Å². The number of phenolic OH excluding ortho intramolecular Hbond substituents is 2. The minimum Gasteiger partial charge on any atom is -0.507 e. The first-order valence-electron chi connectivity index (χ1n) is 15.0. The maximum absolute atomic E-state index is 14.1. The van der Waals surface area contributed by atoms with Gasteiger partial charge in [0.1, 0.15) is 22.8 Å². The minimum absolute atomic E-state index is 0. The van der Waals surface area contributed by atoms with Crippen LogP contribution in [0.2, 0.25) is 0 Å². The fourth-order valence-electron chi connectivity index (χ4n) is 6.55. The number of rotatable bonds is 8. The third-order valence-electron chi connectivity index (χ3n) is 9.15. The maximum Gasteiger partial charge on any atom is 0.202 e. The number of hydrogen-bond donors (Lipinski definition) is 6. The van der Waals surface area contributed by atoms with E-state index in [2.05, 4.69) is 17.5 Å². The highest BCUT2D eigenvalue weighted by Gasteiger charge is 2.49. The molecular weight excluding hydrogens is 666 g/mol. The number of benzene rings is 3. The summed E-state index contributed by atoms with van der Waals surface area (Å²) in [5.41, 5.74) is -3.21. The maximum atomic E-state index is 14.1. The summed E-state index contributed by atoms with van der Waals surface area (Å²) in [5, 5.41) is 45.1. The van der Waals surface area contributed by atoms with Gasteiger partial charge in [0.05, 0.1) is 41.0 Å². The Morgan fingerprint density at radius 3 is 2.38 bits per heavy atom. The second-order valence-electron chi connectivity index (χ2n) is 12.1. The number of carbonyl (C=O) groups is 4. The molecule has 1 heterocycles. The molecule has 2 aliphatic carbocycles. The summed E-state index contributed by atoms with van der Waals surface area (Å²) in [5.74, 6) is -4.08. The summed E-state index contributed by atoms with van der Waals surface area (Å²) in [6.45, 7) is 2.35. The van der Waals surface area contributed by atoms with E-state index in [-0.39, 0.29) is 59.0 Å². The van der Waals surface area contributed by atoms with E-state index in [0.717, 1.165) is 0 Å². The van der Waals surface area contributed by atoms with Crippen LogP contribution in [0.1, 0.15) is 86.1 Å². The number of hydrogen-bond acceptors (Lipinski definition) is 13. The molecule has 1 saturated heterocycles. The fraction of sp³-hybridized carbons (Fsp3) is 0.353. The number of ketones is 4. The van der Waals surface area contributed by atoms with Crippen LogP contribution in [0, 0.1) is 0 Å². The van der Waals surface area contributed by atoms with Crippen LogP contribution in [-0.2, 0) is 20.7 Å². The molecule has 3 aromatic rings. The van der Waals surface area contributed by atoms with Gasteiger partial charge in [-0.2, -0.15) is 0 Å². The van der Waals surface area contributed by atoms with E-state index in [9.17, 15) is 39.6 Å². The molecule has 12 nitrogen and oxygen atoms in total. The van der Waals surface area contributed by atoms with Crippen molar-refractivity contribution in [2.24, 2.45) is 0 Å². The van der Waals surface area contributed by atoms with E-state index in [1.54, 1.807) is 37.3 Å². The van der Waals surface area contributed by atoms with Crippen LogP contribution < -0.4 is 9.46 Å². The average molecular weight is 700 g/mol. The second-order valence-corrected chi connectivity index (χ2v) is 12.3. The summed E-state index contributed by atoms with van der Waals surface area (Å²) < 4.78 is 20.4. The molecule has 4 unspecified atom stereocenters. The molecule has 6 atom stereocenters. The number of halogens is 1. The molecule has 0 saturated carbocycles. The highest BCUT2D eigenvalue weighted by atomic mass is 35.5. The smallest absolute Gasteiger partial charge is 0.202 e. The zero-order valence-electron chi connectivity index (χ0n) is 25.8. The van der Waals surface area contributed by atoms with Gasteiger partial charge in [-0.3, -0.25) is 23.9 Å². The van der Waals surface area contributed by atoms with Crippen molar-refractivity contribution in [2.45, 2.75) is 69.4 Å². The van der Waals surface area contributed by atoms with Gasteiger partial charge >= 0.3 is 0 Å². The third-order valence-corrected chi connectivity index (χ3v) is 9.49. The van der Waals surface area contributed by atoms with Crippen molar-refractivity contribution in [3.63, 3.8) is 0 Å². The van der Waals surface area contributed by atoms with E-state index in [4.69, 9.17) is 14.2 Å². The van der Waals surface area contributed by atoms with Gasteiger partial charge in [0.2, 0.25) is 5.78 Å². The van der Waals surface area contributed by atoms with Crippen molar-refractivity contribution in [3.8, 4) is 17.2 Å². The number of carbonyl (C=O) groups excluding carboxylic acids is 4. The molecule has 0 amide bonds. The number of thiol groups is 1. The van der Waals surface area contributed by atoms with Gasteiger partial charge in [-0.25, -0.2) is 0 Å². The molecule has 3 aromatic carbocycles. The van der Waals surface area contributed by atoms with Crippen molar-refractivity contribution >= 4 is 48.4 Å². The van der Waals surface area contributed by atoms with E-state index >= 15 is 0 Å². The lowest BCUT2D eigenvalue weighted by Crippen LogP contribution is -2.52. The van der Waals surface area contributed by atoms with Crippen molar-refractivity contribution in [3.05, 3.63) is 87.5 Å². The fourth-order valence-corrected chi connectivity index (χ4v) is 6.81.